The van der Waals surface area contributed by atoms with Crippen molar-refractivity contribution in [1.29, 1.82) is 0 Å². The third-order valence-electron chi connectivity index (χ3n) is 2.56. The first kappa shape index (κ1) is 20.2. The predicted molar refractivity (Wildman–Crippen MR) is 87.8 cm³/mol. The van der Waals surface area contributed by atoms with Crippen molar-refractivity contribution in [2.75, 3.05) is 26.2 Å². The van der Waals surface area contributed by atoms with Gasteiger partial charge in [-0.05, 0) is 36.7 Å². The van der Waals surface area contributed by atoms with E-state index >= 15 is 0 Å². The summed E-state index contributed by atoms with van der Waals surface area (Å²) >= 11 is 0. The van der Waals surface area contributed by atoms with Gasteiger partial charge in [-0.25, -0.2) is 13.1 Å². The highest BCUT2D eigenvalue weighted by Crippen LogP contribution is 2.16. The first-order valence-electron chi connectivity index (χ1n) is 6.89. The normalized spacial score (nSPS) is 11.2. The van der Waals surface area contributed by atoms with Gasteiger partial charge in [0.2, 0.25) is 10.0 Å². The average molecular weight is 337 g/mol. The lowest BCUT2D eigenvalue weighted by atomic mass is 10.2. The Bertz CT molecular complexity index is 489. The van der Waals surface area contributed by atoms with Crippen molar-refractivity contribution in [3.8, 4) is 5.75 Å². The minimum Gasteiger partial charge on any atom is -0.493 e. The lowest BCUT2D eigenvalue weighted by molar-refractivity contribution is 0.271. The Morgan fingerprint density at radius 3 is 2.29 bits per heavy atom. The largest absolute Gasteiger partial charge is 0.493 e. The third-order valence-corrected chi connectivity index (χ3v) is 4.04. The standard InChI is InChI=1S/C14H24N2O3S.ClH/c1-4-15-9-10-16-20(17,18)14-7-5-13(6-8-14)19-11-12(2)3;/h5-8,12,15-16H,4,9-11H2,1-3H3;1H. The molecule has 0 unspecified atom stereocenters. The molecule has 0 aromatic heterocycles. The van der Waals surface area contributed by atoms with Crippen LogP contribution in [0.2, 0.25) is 0 Å². The van der Waals surface area contributed by atoms with Crippen LogP contribution in [-0.2, 0) is 10.0 Å². The topological polar surface area (TPSA) is 67.4 Å². The number of rotatable bonds is 9. The van der Waals surface area contributed by atoms with Gasteiger partial charge in [0.15, 0.2) is 0 Å². The van der Waals surface area contributed by atoms with E-state index in [1.807, 2.05) is 6.92 Å². The molecule has 7 heteroatoms. The quantitative estimate of drug-likeness (QED) is 0.677. The maximum absolute atomic E-state index is 12.0. The van der Waals surface area contributed by atoms with E-state index in [-0.39, 0.29) is 17.3 Å². The Kier molecular flexibility index (Phi) is 9.61. The highest BCUT2D eigenvalue weighted by molar-refractivity contribution is 7.89. The number of hydrogen-bond donors (Lipinski definition) is 2. The number of hydrogen-bond acceptors (Lipinski definition) is 4. The van der Waals surface area contributed by atoms with E-state index in [1.165, 1.54) is 0 Å². The third kappa shape index (κ3) is 7.66. The molecule has 0 aliphatic heterocycles. The molecule has 0 saturated carbocycles. The van der Waals surface area contributed by atoms with Gasteiger partial charge in [-0.1, -0.05) is 20.8 Å². The number of likely N-dealkylation sites (N-methyl/N-ethyl adjacent to an activating group) is 1. The van der Waals surface area contributed by atoms with Crippen molar-refractivity contribution < 1.29 is 13.2 Å². The van der Waals surface area contributed by atoms with E-state index in [0.717, 1.165) is 6.54 Å². The van der Waals surface area contributed by atoms with Crippen molar-refractivity contribution in [1.82, 2.24) is 10.0 Å². The van der Waals surface area contributed by atoms with Gasteiger partial charge in [0.1, 0.15) is 5.75 Å². The molecule has 2 N–H and O–H groups in total. The van der Waals surface area contributed by atoms with Crippen molar-refractivity contribution in [2.45, 2.75) is 25.7 Å². The molecule has 0 amide bonds. The summed E-state index contributed by atoms with van der Waals surface area (Å²) in [6, 6.07) is 6.49. The van der Waals surface area contributed by atoms with Crippen molar-refractivity contribution in [3.05, 3.63) is 24.3 Å². The SMILES string of the molecule is CCNCCNS(=O)(=O)c1ccc(OCC(C)C)cc1.Cl. The molecule has 1 rings (SSSR count). The number of nitrogens with one attached hydrogen (secondary N) is 2. The molecule has 21 heavy (non-hydrogen) atoms. The minimum absolute atomic E-state index is 0. The predicted octanol–water partition coefficient (Wildman–Crippen LogP) is 2.03. The molecular formula is C14H25ClN2O3S. The van der Waals surface area contributed by atoms with Crippen molar-refractivity contribution in [2.24, 2.45) is 5.92 Å². The maximum Gasteiger partial charge on any atom is 0.240 e. The van der Waals surface area contributed by atoms with E-state index in [9.17, 15) is 8.42 Å². The summed E-state index contributed by atoms with van der Waals surface area (Å²) in [5.41, 5.74) is 0. The molecule has 5 nitrogen and oxygen atoms in total. The Morgan fingerprint density at radius 2 is 1.76 bits per heavy atom. The average Bonchev–Trinajstić information content (AvgIpc) is 2.42. The molecule has 0 atom stereocenters. The molecular weight excluding hydrogens is 312 g/mol. The summed E-state index contributed by atoms with van der Waals surface area (Å²) in [5.74, 6) is 1.12. The Morgan fingerprint density at radius 1 is 1.14 bits per heavy atom. The fourth-order valence-electron chi connectivity index (χ4n) is 1.51. The van der Waals surface area contributed by atoms with Crippen LogP contribution in [0.5, 0.6) is 5.75 Å². The maximum atomic E-state index is 12.0. The zero-order chi connectivity index (χ0) is 15.0. The van der Waals surface area contributed by atoms with Crippen LogP contribution in [0.3, 0.4) is 0 Å². The minimum atomic E-state index is -3.43. The zero-order valence-corrected chi connectivity index (χ0v) is 14.4. The van der Waals surface area contributed by atoms with Crippen molar-refractivity contribution >= 4 is 22.4 Å². The Labute approximate surface area is 133 Å². The summed E-state index contributed by atoms with van der Waals surface area (Å²) < 4.78 is 32.1. The molecule has 0 spiro atoms. The van der Waals surface area contributed by atoms with E-state index in [1.54, 1.807) is 24.3 Å². The second kappa shape index (κ2) is 10.00. The van der Waals surface area contributed by atoms with Gasteiger partial charge in [0, 0.05) is 13.1 Å². The number of halogens is 1. The Balaban J connectivity index is 0.00000400. The van der Waals surface area contributed by atoms with Gasteiger partial charge in [-0.15, -0.1) is 12.4 Å². The first-order chi connectivity index (χ1) is 9.45. The van der Waals surface area contributed by atoms with Crippen LogP contribution in [0.15, 0.2) is 29.2 Å². The van der Waals surface area contributed by atoms with Gasteiger partial charge in [0.05, 0.1) is 11.5 Å². The van der Waals surface area contributed by atoms with Crippen molar-refractivity contribution in [3.63, 3.8) is 0 Å². The molecule has 1 aromatic carbocycles. The fraction of sp³-hybridized carbons (Fsp3) is 0.571. The van der Waals surface area contributed by atoms with Crippen LogP contribution in [0.4, 0.5) is 0 Å². The zero-order valence-electron chi connectivity index (χ0n) is 12.8. The number of sulfonamides is 1. The smallest absolute Gasteiger partial charge is 0.240 e. The second-order valence-electron chi connectivity index (χ2n) is 4.93. The summed E-state index contributed by atoms with van der Waals surface area (Å²) in [4.78, 5) is 0.255. The summed E-state index contributed by atoms with van der Waals surface area (Å²) in [6.07, 6.45) is 0. The van der Waals surface area contributed by atoms with Crippen LogP contribution in [0.1, 0.15) is 20.8 Å². The van der Waals surface area contributed by atoms with Crippen LogP contribution in [0.25, 0.3) is 0 Å². The monoisotopic (exact) mass is 336 g/mol. The van der Waals surface area contributed by atoms with Gasteiger partial charge >= 0.3 is 0 Å². The van der Waals surface area contributed by atoms with Gasteiger partial charge in [-0.2, -0.15) is 0 Å². The molecule has 0 heterocycles. The van der Waals surface area contributed by atoms with E-state index in [4.69, 9.17) is 4.74 Å². The molecule has 0 aliphatic carbocycles. The summed E-state index contributed by atoms with van der Waals surface area (Å²) in [5, 5.41) is 3.06. The second-order valence-corrected chi connectivity index (χ2v) is 6.69. The van der Waals surface area contributed by atoms with Gasteiger partial charge in [0.25, 0.3) is 0 Å². The van der Waals surface area contributed by atoms with Crippen LogP contribution in [0, 0.1) is 5.92 Å². The van der Waals surface area contributed by atoms with Crippen LogP contribution in [-0.4, -0.2) is 34.7 Å². The summed E-state index contributed by atoms with van der Waals surface area (Å²) in [7, 11) is -3.43. The molecule has 122 valence electrons. The molecule has 0 radical (unpaired) electrons. The summed E-state index contributed by atoms with van der Waals surface area (Å²) in [6.45, 7) is 8.54. The lowest BCUT2D eigenvalue weighted by Crippen LogP contribution is -2.31. The molecule has 0 fully saturated rings. The van der Waals surface area contributed by atoms with Crippen LogP contribution >= 0.6 is 12.4 Å². The molecule has 0 aliphatic rings. The Hall–Kier alpha value is -0.820. The van der Waals surface area contributed by atoms with E-state index in [0.29, 0.717) is 31.4 Å². The van der Waals surface area contributed by atoms with E-state index in [2.05, 4.69) is 23.9 Å². The molecule has 0 saturated heterocycles. The molecule has 1 aromatic rings. The van der Waals surface area contributed by atoms with Gasteiger partial charge < -0.3 is 10.1 Å². The highest BCUT2D eigenvalue weighted by Gasteiger charge is 2.12. The number of benzene rings is 1. The fourth-order valence-corrected chi connectivity index (χ4v) is 2.54. The first-order valence-corrected chi connectivity index (χ1v) is 8.37. The number of ether oxygens (including phenoxy) is 1. The highest BCUT2D eigenvalue weighted by atomic mass is 35.5. The van der Waals surface area contributed by atoms with Crippen LogP contribution < -0.4 is 14.8 Å². The van der Waals surface area contributed by atoms with E-state index < -0.39 is 10.0 Å². The molecule has 0 bridgehead atoms. The van der Waals surface area contributed by atoms with Gasteiger partial charge in [-0.3, -0.25) is 0 Å². The lowest BCUT2D eigenvalue weighted by Gasteiger charge is -2.10.